The molecule has 1 amide bonds. The second kappa shape index (κ2) is 7.92. The lowest BCUT2D eigenvalue weighted by atomic mass is 10.0. The molecule has 7 heteroatoms. The van der Waals surface area contributed by atoms with E-state index in [1.54, 1.807) is 42.5 Å². The molecule has 27 heavy (non-hydrogen) atoms. The van der Waals surface area contributed by atoms with Crippen molar-refractivity contribution >= 4 is 21.7 Å². The molecule has 0 saturated heterocycles. The Balaban J connectivity index is 1.74. The van der Waals surface area contributed by atoms with E-state index in [1.807, 2.05) is 0 Å². The number of carbonyl (C=O) groups is 2. The standard InChI is InChI=1S/C20H21NO5S/c22-19(21-18-11-5-10-17(18)20(23)24)15-7-4-6-14(12-15)13-27(25,26)16-8-2-1-3-9-16/h1-4,6-9,12,17-18H,5,10-11,13H2,(H,21,22)(H,23,24)/t17-,18+/m1/s1. The smallest absolute Gasteiger partial charge is 0.308 e. The third-order valence-electron chi connectivity index (χ3n) is 4.80. The zero-order valence-electron chi connectivity index (χ0n) is 14.7. The monoisotopic (exact) mass is 387 g/mol. The van der Waals surface area contributed by atoms with Gasteiger partial charge in [-0.05, 0) is 42.7 Å². The molecule has 0 aliphatic heterocycles. The zero-order valence-corrected chi connectivity index (χ0v) is 15.5. The summed E-state index contributed by atoms with van der Waals surface area (Å²) in [6, 6.07) is 14.2. The zero-order chi connectivity index (χ0) is 19.4. The molecule has 0 spiro atoms. The fourth-order valence-corrected chi connectivity index (χ4v) is 4.77. The fourth-order valence-electron chi connectivity index (χ4n) is 3.41. The normalized spacial score (nSPS) is 19.6. The van der Waals surface area contributed by atoms with Gasteiger partial charge in [0.15, 0.2) is 9.84 Å². The van der Waals surface area contributed by atoms with Crippen molar-refractivity contribution in [3.05, 3.63) is 65.7 Å². The Morgan fingerprint density at radius 2 is 1.78 bits per heavy atom. The molecule has 2 atom stereocenters. The molecular formula is C20H21NO5S. The molecule has 6 nitrogen and oxygen atoms in total. The van der Waals surface area contributed by atoms with E-state index >= 15 is 0 Å². The minimum Gasteiger partial charge on any atom is -0.481 e. The van der Waals surface area contributed by atoms with Crippen molar-refractivity contribution < 1.29 is 23.1 Å². The average molecular weight is 387 g/mol. The molecule has 1 fully saturated rings. The largest absolute Gasteiger partial charge is 0.481 e. The van der Waals surface area contributed by atoms with Gasteiger partial charge in [-0.2, -0.15) is 0 Å². The Labute approximate surface area is 158 Å². The molecule has 1 saturated carbocycles. The summed E-state index contributed by atoms with van der Waals surface area (Å²) >= 11 is 0. The van der Waals surface area contributed by atoms with Gasteiger partial charge >= 0.3 is 5.97 Å². The van der Waals surface area contributed by atoms with Crippen LogP contribution in [-0.2, 0) is 20.4 Å². The van der Waals surface area contributed by atoms with Crippen LogP contribution in [0.1, 0.15) is 35.2 Å². The van der Waals surface area contributed by atoms with Crippen LogP contribution in [0.2, 0.25) is 0 Å². The van der Waals surface area contributed by atoms with Gasteiger partial charge in [0, 0.05) is 11.6 Å². The van der Waals surface area contributed by atoms with Gasteiger partial charge in [0.2, 0.25) is 0 Å². The number of hydrogen-bond acceptors (Lipinski definition) is 4. The highest BCUT2D eigenvalue weighted by Gasteiger charge is 2.34. The van der Waals surface area contributed by atoms with E-state index in [1.165, 1.54) is 12.1 Å². The highest BCUT2D eigenvalue weighted by molar-refractivity contribution is 7.90. The number of carboxylic acid groups (broad SMARTS) is 1. The molecule has 1 aliphatic carbocycles. The van der Waals surface area contributed by atoms with Crippen molar-refractivity contribution in [1.82, 2.24) is 5.32 Å². The number of carboxylic acids is 1. The maximum absolute atomic E-state index is 12.5. The molecule has 3 rings (SSSR count). The Morgan fingerprint density at radius 3 is 2.48 bits per heavy atom. The van der Waals surface area contributed by atoms with Gasteiger partial charge in [0.1, 0.15) is 0 Å². The summed E-state index contributed by atoms with van der Waals surface area (Å²) in [5.41, 5.74) is 0.833. The minimum atomic E-state index is -3.51. The number of nitrogens with one attached hydrogen (secondary N) is 1. The van der Waals surface area contributed by atoms with E-state index in [9.17, 15) is 23.1 Å². The van der Waals surface area contributed by atoms with E-state index in [2.05, 4.69) is 5.32 Å². The van der Waals surface area contributed by atoms with Gasteiger partial charge in [-0.1, -0.05) is 36.8 Å². The van der Waals surface area contributed by atoms with Gasteiger partial charge in [0.05, 0.1) is 16.6 Å². The lowest BCUT2D eigenvalue weighted by molar-refractivity contribution is -0.142. The first-order chi connectivity index (χ1) is 12.9. The molecule has 0 aromatic heterocycles. The molecule has 2 aromatic carbocycles. The van der Waals surface area contributed by atoms with Crippen LogP contribution in [0, 0.1) is 5.92 Å². The second-order valence-electron chi connectivity index (χ2n) is 6.73. The van der Waals surface area contributed by atoms with Gasteiger partial charge in [-0.15, -0.1) is 0 Å². The number of rotatable bonds is 6. The first-order valence-electron chi connectivity index (χ1n) is 8.77. The van der Waals surface area contributed by atoms with Crippen LogP contribution in [0.25, 0.3) is 0 Å². The number of aliphatic carboxylic acids is 1. The number of sulfone groups is 1. The van der Waals surface area contributed by atoms with Crippen LogP contribution >= 0.6 is 0 Å². The van der Waals surface area contributed by atoms with Crippen LogP contribution in [0.3, 0.4) is 0 Å². The van der Waals surface area contributed by atoms with E-state index in [4.69, 9.17) is 0 Å². The molecule has 2 N–H and O–H groups in total. The van der Waals surface area contributed by atoms with Crippen molar-refractivity contribution in [1.29, 1.82) is 0 Å². The van der Waals surface area contributed by atoms with Gasteiger partial charge in [-0.3, -0.25) is 9.59 Å². The summed E-state index contributed by atoms with van der Waals surface area (Å²) in [6.45, 7) is 0. The summed E-state index contributed by atoms with van der Waals surface area (Å²) in [5, 5.41) is 12.0. The van der Waals surface area contributed by atoms with Crippen LogP contribution in [0.5, 0.6) is 0 Å². The van der Waals surface area contributed by atoms with E-state index in [0.717, 1.165) is 6.42 Å². The van der Waals surface area contributed by atoms with Crippen LogP contribution in [-0.4, -0.2) is 31.4 Å². The van der Waals surface area contributed by atoms with Gasteiger partial charge < -0.3 is 10.4 Å². The predicted octanol–water partition coefficient (Wildman–Crippen LogP) is 2.64. The number of benzene rings is 2. The lowest BCUT2D eigenvalue weighted by Crippen LogP contribution is -2.40. The quantitative estimate of drug-likeness (QED) is 0.794. The van der Waals surface area contributed by atoms with Crippen molar-refractivity contribution in [2.45, 2.75) is 36.0 Å². The van der Waals surface area contributed by atoms with Crippen LogP contribution in [0.4, 0.5) is 0 Å². The second-order valence-corrected chi connectivity index (χ2v) is 8.72. The van der Waals surface area contributed by atoms with Gasteiger partial charge in [-0.25, -0.2) is 8.42 Å². The van der Waals surface area contributed by atoms with Crippen molar-refractivity contribution in [2.75, 3.05) is 0 Å². The fraction of sp³-hybridized carbons (Fsp3) is 0.300. The molecular weight excluding hydrogens is 366 g/mol. The van der Waals surface area contributed by atoms with Crippen molar-refractivity contribution in [3.63, 3.8) is 0 Å². The molecule has 0 heterocycles. The summed E-state index contributed by atoms with van der Waals surface area (Å²) in [7, 11) is -3.51. The Kier molecular flexibility index (Phi) is 5.60. The van der Waals surface area contributed by atoms with Crippen LogP contribution < -0.4 is 5.32 Å². The topological polar surface area (TPSA) is 101 Å². The van der Waals surface area contributed by atoms with Crippen molar-refractivity contribution in [2.24, 2.45) is 5.92 Å². The molecule has 0 radical (unpaired) electrons. The highest BCUT2D eigenvalue weighted by Crippen LogP contribution is 2.26. The molecule has 1 aliphatic rings. The average Bonchev–Trinajstić information content (AvgIpc) is 3.11. The number of amides is 1. The summed E-state index contributed by atoms with van der Waals surface area (Å²) in [5.74, 6) is -2.07. The minimum absolute atomic E-state index is 0.209. The SMILES string of the molecule is O=C(N[C@H]1CCC[C@H]1C(=O)O)c1cccc(CS(=O)(=O)c2ccccc2)c1. The van der Waals surface area contributed by atoms with Crippen LogP contribution in [0.15, 0.2) is 59.5 Å². The van der Waals surface area contributed by atoms with Crippen molar-refractivity contribution in [3.8, 4) is 0 Å². The number of carbonyl (C=O) groups excluding carboxylic acids is 1. The Bertz CT molecular complexity index is 940. The maximum atomic E-state index is 12.5. The van der Waals surface area contributed by atoms with E-state index < -0.39 is 27.8 Å². The Hall–Kier alpha value is -2.67. The summed E-state index contributed by atoms with van der Waals surface area (Å²) in [4.78, 5) is 24.0. The molecule has 0 unspecified atom stereocenters. The maximum Gasteiger partial charge on any atom is 0.308 e. The third kappa shape index (κ3) is 4.54. The first kappa shape index (κ1) is 19.1. The summed E-state index contributed by atoms with van der Waals surface area (Å²) < 4.78 is 25.0. The number of hydrogen-bond donors (Lipinski definition) is 2. The predicted molar refractivity (Wildman–Crippen MR) is 100 cm³/mol. The molecule has 0 bridgehead atoms. The third-order valence-corrected chi connectivity index (χ3v) is 6.50. The first-order valence-corrected chi connectivity index (χ1v) is 10.4. The van der Waals surface area contributed by atoms with Gasteiger partial charge in [0.25, 0.3) is 5.91 Å². The van der Waals surface area contributed by atoms with E-state index in [0.29, 0.717) is 24.0 Å². The lowest BCUT2D eigenvalue weighted by Gasteiger charge is -2.17. The van der Waals surface area contributed by atoms with E-state index in [-0.39, 0.29) is 16.6 Å². The Morgan fingerprint density at radius 1 is 1.04 bits per heavy atom. The summed E-state index contributed by atoms with van der Waals surface area (Å²) in [6.07, 6.45) is 1.94. The highest BCUT2D eigenvalue weighted by atomic mass is 32.2. The molecule has 142 valence electrons. The molecule has 2 aromatic rings.